The number of pyridine rings is 1. The second-order valence-corrected chi connectivity index (χ2v) is 4.83. The van der Waals surface area contributed by atoms with Gasteiger partial charge in [0.1, 0.15) is 0 Å². The fourth-order valence-corrected chi connectivity index (χ4v) is 2.32. The minimum atomic E-state index is 0.180. The van der Waals surface area contributed by atoms with Crippen LogP contribution < -0.4 is 5.73 Å². The normalized spacial score (nSPS) is 20.9. The van der Waals surface area contributed by atoms with E-state index < -0.39 is 0 Å². The molecule has 1 aromatic rings. The first-order valence-electron chi connectivity index (χ1n) is 5.29. The van der Waals surface area contributed by atoms with Crippen LogP contribution in [0, 0.1) is 5.41 Å². The summed E-state index contributed by atoms with van der Waals surface area (Å²) in [4.78, 5) is 4.50. The number of rotatable bonds is 2. The summed E-state index contributed by atoms with van der Waals surface area (Å²) in [5.41, 5.74) is 8.69. The maximum atomic E-state index is 5.82. The predicted molar refractivity (Wildman–Crippen MR) is 58.1 cm³/mol. The lowest BCUT2D eigenvalue weighted by Gasteiger charge is -2.30. The van der Waals surface area contributed by atoms with E-state index in [1.165, 1.54) is 17.7 Å². The molecule has 0 amide bonds. The van der Waals surface area contributed by atoms with Gasteiger partial charge in [0, 0.05) is 17.8 Å². The smallest absolute Gasteiger partial charge is 0.0472 e. The van der Waals surface area contributed by atoms with E-state index in [-0.39, 0.29) is 5.41 Å². The molecule has 0 spiro atoms. The van der Waals surface area contributed by atoms with Crippen molar-refractivity contribution in [2.45, 2.75) is 32.6 Å². The standard InChI is InChI=1S/C12H18N2/c1-12(2,8-13)10-6-5-9-4-3-7-14-11(9)10/h3-4,7,10H,5-6,8,13H2,1-2H3. The molecule has 0 bridgehead atoms. The van der Waals surface area contributed by atoms with Gasteiger partial charge in [0.25, 0.3) is 0 Å². The summed E-state index contributed by atoms with van der Waals surface area (Å²) in [5, 5.41) is 0. The van der Waals surface area contributed by atoms with Crippen LogP contribution in [0.15, 0.2) is 18.3 Å². The van der Waals surface area contributed by atoms with Crippen molar-refractivity contribution in [2.75, 3.05) is 6.54 Å². The molecule has 0 saturated heterocycles. The van der Waals surface area contributed by atoms with Crippen LogP contribution in [0.3, 0.4) is 0 Å². The summed E-state index contributed by atoms with van der Waals surface area (Å²) in [6.45, 7) is 5.20. The summed E-state index contributed by atoms with van der Waals surface area (Å²) in [7, 11) is 0. The molecule has 1 aromatic heterocycles. The topological polar surface area (TPSA) is 38.9 Å². The van der Waals surface area contributed by atoms with Crippen molar-refractivity contribution in [3.05, 3.63) is 29.6 Å². The molecule has 2 heteroatoms. The van der Waals surface area contributed by atoms with Gasteiger partial charge in [0.15, 0.2) is 0 Å². The molecule has 2 rings (SSSR count). The van der Waals surface area contributed by atoms with E-state index in [9.17, 15) is 0 Å². The van der Waals surface area contributed by atoms with Crippen LogP contribution in [-0.2, 0) is 6.42 Å². The van der Waals surface area contributed by atoms with E-state index in [1.54, 1.807) is 0 Å². The zero-order chi connectivity index (χ0) is 10.2. The second kappa shape index (κ2) is 3.35. The lowest BCUT2D eigenvalue weighted by atomic mass is 9.77. The van der Waals surface area contributed by atoms with Gasteiger partial charge in [-0.1, -0.05) is 19.9 Å². The quantitative estimate of drug-likeness (QED) is 0.775. The third kappa shape index (κ3) is 1.44. The van der Waals surface area contributed by atoms with Gasteiger partial charge in [-0.05, 0) is 36.4 Å². The van der Waals surface area contributed by atoms with Crippen LogP contribution in [0.2, 0.25) is 0 Å². The number of hydrogen-bond donors (Lipinski definition) is 1. The van der Waals surface area contributed by atoms with E-state index in [0.29, 0.717) is 5.92 Å². The number of hydrogen-bond acceptors (Lipinski definition) is 2. The molecular weight excluding hydrogens is 172 g/mol. The molecule has 1 aliphatic rings. The molecular formula is C12H18N2. The van der Waals surface area contributed by atoms with E-state index in [1.807, 2.05) is 12.3 Å². The fraction of sp³-hybridized carbons (Fsp3) is 0.583. The average molecular weight is 190 g/mol. The summed E-state index contributed by atoms with van der Waals surface area (Å²) in [6, 6.07) is 4.21. The Hall–Kier alpha value is -0.890. The van der Waals surface area contributed by atoms with Crippen LogP contribution in [0.4, 0.5) is 0 Å². The minimum Gasteiger partial charge on any atom is -0.330 e. The number of aryl methyl sites for hydroxylation is 1. The van der Waals surface area contributed by atoms with Crippen molar-refractivity contribution < 1.29 is 0 Å². The first kappa shape index (κ1) is 9.66. The van der Waals surface area contributed by atoms with Crippen molar-refractivity contribution in [3.63, 3.8) is 0 Å². The van der Waals surface area contributed by atoms with Crippen molar-refractivity contribution in [3.8, 4) is 0 Å². The minimum absolute atomic E-state index is 0.180. The molecule has 1 heterocycles. The molecule has 2 N–H and O–H groups in total. The maximum Gasteiger partial charge on any atom is 0.0472 e. The summed E-state index contributed by atoms with van der Waals surface area (Å²) in [5.74, 6) is 0.545. The Morgan fingerprint density at radius 3 is 3.07 bits per heavy atom. The van der Waals surface area contributed by atoms with Crippen molar-refractivity contribution in [2.24, 2.45) is 11.1 Å². The van der Waals surface area contributed by atoms with Crippen LogP contribution in [0.1, 0.15) is 37.4 Å². The van der Waals surface area contributed by atoms with Crippen LogP contribution in [0.25, 0.3) is 0 Å². The van der Waals surface area contributed by atoms with E-state index >= 15 is 0 Å². The third-order valence-electron chi connectivity index (χ3n) is 3.43. The largest absolute Gasteiger partial charge is 0.330 e. The fourth-order valence-electron chi connectivity index (χ4n) is 2.32. The molecule has 1 atom stereocenters. The SMILES string of the molecule is CC(C)(CN)C1CCc2cccnc21. The molecule has 2 nitrogen and oxygen atoms in total. The first-order chi connectivity index (χ1) is 6.65. The zero-order valence-electron chi connectivity index (χ0n) is 8.96. The highest BCUT2D eigenvalue weighted by molar-refractivity contribution is 5.30. The van der Waals surface area contributed by atoms with E-state index in [0.717, 1.165) is 13.0 Å². The van der Waals surface area contributed by atoms with Gasteiger partial charge in [-0.25, -0.2) is 0 Å². The Bertz CT molecular complexity index is 331. The summed E-state index contributed by atoms with van der Waals surface area (Å²) >= 11 is 0. The Kier molecular flexibility index (Phi) is 2.31. The molecule has 0 fully saturated rings. The predicted octanol–water partition coefficient (Wildman–Crippen LogP) is 2.10. The van der Waals surface area contributed by atoms with Gasteiger partial charge >= 0.3 is 0 Å². The van der Waals surface area contributed by atoms with Crippen LogP contribution in [-0.4, -0.2) is 11.5 Å². The first-order valence-corrected chi connectivity index (χ1v) is 5.29. The highest BCUT2D eigenvalue weighted by Crippen LogP contribution is 2.43. The summed E-state index contributed by atoms with van der Waals surface area (Å²) in [6.07, 6.45) is 4.26. The molecule has 1 aliphatic carbocycles. The van der Waals surface area contributed by atoms with Gasteiger partial charge in [-0.3, -0.25) is 4.98 Å². The molecule has 0 radical (unpaired) electrons. The third-order valence-corrected chi connectivity index (χ3v) is 3.43. The van der Waals surface area contributed by atoms with Gasteiger partial charge in [-0.15, -0.1) is 0 Å². The monoisotopic (exact) mass is 190 g/mol. The number of aromatic nitrogens is 1. The number of fused-ring (bicyclic) bond motifs is 1. The van der Waals surface area contributed by atoms with Crippen LogP contribution in [0.5, 0.6) is 0 Å². The highest BCUT2D eigenvalue weighted by atomic mass is 14.7. The average Bonchev–Trinajstić information content (AvgIpc) is 2.61. The Labute approximate surface area is 85.5 Å². The Balaban J connectivity index is 2.35. The molecule has 1 unspecified atom stereocenters. The van der Waals surface area contributed by atoms with Crippen molar-refractivity contribution in [1.82, 2.24) is 4.98 Å². The Morgan fingerprint density at radius 1 is 1.57 bits per heavy atom. The molecule has 76 valence electrons. The Morgan fingerprint density at radius 2 is 2.36 bits per heavy atom. The molecule has 0 aromatic carbocycles. The summed E-state index contributed by atoms with van der Waals surface area (Å²) < 4.78 is 0. The van der Waals surface area contributed by atoms with Gasteiger partial charge in [0.2, 0.25) is 0 Å². The van der Waals surface area contributed by atoms with E-state index in [2.05, 4.69) is 24.9 Å². The maximum absolute atomic E-state index is 5.82. The zero-order valence-corrected chi connectivity index (χ0v) is 8.96. The second-order valence-electron chi connectivity index (χ2n) is 4.83. The number of nitrogens with two attached hydrogens (primary N) is 1. The van der Waals surface area contributed by atoms with Crippen LogP contribution >= 0.6 is 0 Å². The lowest BCUT2D eigenvalue weighted by molar-refractivity contribution is 0.290. The highest BCUT2D eigenvalue weighted by Gasteiger charge is 2.35. The van der Waals surface area contributed by atoms with Crippen molar-refractivity contribution >= 4 is 0 Å². The van der Waals surface area contributed by atoms with Gasteiger partial charge < -0.3 is 5.73 Å². The van der Waals surface area contributed by atoms with Gasteiger partial charge in [0.05, 0.1) is 0 Å². The molecule has 0 saturated carbocycles. The molecule has 0 aliphatic heterocycles. The number of nitrogens with zero attached hydrogens (tertiary/aromatic N) is 1. The van der Waals surface area contributed by atoms with E-state index in [4.69, 9.17) is 5.73 Å². The van der Waals surface area contributed by atoms with Crippen molar-refractivity contribution in [1.29, 1.82) is 0 Å². The lowest BCUT2D eigenvalue weighted by Crippen LogP contribution is -2.30. The molecule has 14 heavy (non-hydrogen) atoms. The van der Waals surface area contributed by atoms with Gasteiger partial charge in [-0.2, -0.15) is 0 Å².